The number of nitrogens with one attached hydrogen (secondary N) is 1. The second-order valence-electron chi connectivity index (χ2n) is 6.86. The Balaban J connectivity index is 2.13. The molecule has 0 fully saturated rings. The van der Waals surface area contributed by atoms with Gasteiger partial charge in [0, 0.05) is 10.7 Å². The van der Waals surface area contributed by atoms with E-state index in [2.05, 4.69) is 12.2 Å². The van der Waals surface area contributed by atoms with Gasteiger partial charge in [0.2, 0.25) is 0 Å². The molecule has 0 spiro atoms. The molecule has 0 radical (unpaired) electrons. The summed E-state index contributed by atoms with van der Waals surface area (Å²) in [6.45, 7) is 4.60. The third-order valence-electron chi connectivity index (χ3n) is 4.64. The minimum Gasteiger partial charge on any atom is -0.493 e. The summed E-state index contributed by atoms with van der Waals surface area (Å²) in [4.78, 5) is 12.6. The number of hydrogen-bond acceptors (Lipinski definition) is 4. The third kappa shape index (κ3) is 6.53. The summed E-state index contributed by atoms with van der Waals surface area (Å²) in [7, 11) is 1.56. The van der Waals surface area contributed by atoms with Crippen molar-refractivity contribution in [2.75, 3.05) is 19.0 Å². The van der Waals surface area contributed by atoms with Crippen molar-refractivity contribution >= 4 is 29.3 Å². The number of anilines is 1. The highest BCUT2D eigenvalue weighted by Gasteiger charge is 2.13. The molecule has 0 saturated heterocycles. The summed E-state index contributed by atoms with van der Waals surface area (Å²) < 4.78 is 11.2. The molecule has 30 heavy (non-hydrogen) atoms. The van der Waals surface area contributed by atoms with Gasteiger partial charge in [-0.05, 0) is 54.8 Å². The molecule has 0 aliphatic carbocycles. The van der Waals surface area contributed by atoms with Crippen LogP contribution in [0.15, 0.2) is 42.0 Å². The summed E-state index contributed by atoms with van der Waals surface area (Å²) >= 11 is 6.09. The van der Waals surface area contributed by atoms with Gasteiger partial charge in [-0.25, -0.2) is 0 Å². The normalized spacial score (nSPS) is 11.0. The van der Waals surface area contributed by atoms with Crippen LogP contribution in [0.4, 0.5) is 5.69 Å². The fraction of sp³-hybridized carbons (Fsp3) is 0.333. The molecule has 0 saturated carbocycles. The molecule has 2 aromatic rings. The molecule has 0 unspecified atom stereocenters. The quantitative estimate of drug-likeness (QED) is 0.280. The molecule has 1 N–H and O–H groups in total. The SMILES string of the molecule is CCCCCCOc1ccc(/C=C(\C#N)C(=O)Nc2cccc(Cl)c2C)cc1OC. The Bertz CT molecular complexity index is 948. The van der Waals surface area contributed by atoms with Crippen molar-refractivity contribution in [3.05, 3.63) is 58.1 Å². The van der Waals surface area contributed by atoms with Gasteiger partial charge in [0.05, 0.1) is 13.7 Å². The maximum absolute atomic E-state index is 12.6. The third-order valence-corrected chi connectivity index (χ3v) is 5.04. The highest BCUT2D eigenvalue weighted by molar-refractivity contribution is 6.31. The van der Waals surface area contributed by atoms with Crippen molar-refractivity contribution < 1.29 is 14.3 Å². The molecule has 0 heterocycles. The molecule has 0 aliphatic heterocycles. The lowest BCUT2D eigenvalue weighted by atomic mass is 10.1. The molecule has 0 aromatic heterocycles. The van der Waals surface area contributed by atoms with Crippen molar-refractivity contribution in [3.63, 3.8) is 0 Å². The van der Waals surface area contributed by atoms with Crippen LogP contribution in [-0.2, 0) is 4.79 Å². The van der Waals surface area contributed by atoms with Crippen LogP contribution >= 0.6 is 11.6 Å². The first-order valence-corrected chi connectivity index (χ1v) is 10.4. The number of unbranched alkanes of at least 4 members (excludes halogenated alkanes) is 3. The highest BCUT2D eigenvalue weighted by atomic mass is 35.5. The molecule has 1 amide bonds. The average molecular weight is 427 g/mol. The Morgan fingerprint density at radius 2 is 2.00 bits per heavy atom. The number of carbonyl (C=O) groups is 1. The maximum atomic E-state index is 12.6. The van der Waals surface area contributed by atoms with E-state index in [1.807, 2.05) is 6.07 Å². The molecule has 0 atom stereocenters. The summed E-state index contributed by atoms with van der Waals surface area (Å²) in [5.41, 5.74) is 1.95. The zero-order valence-corrected chi connectivity index (χ0v) is 18.4. The van der Waals surface area contributed by atoms with Crippen molar-refractivity contribution in [2.45, 2.75) is 39.5 Å². The van der Waals surface area contributed by atoms with Gasteiger partial charge < -0.3 is 14.8 Å². The standard InChI is InChI=1S/C24H27ClN2O3/c1-4-5-6-7-13-30-22-12-11-18(15-23(22)29-3)14-19(16-26)24(28)27-21-10-8-9-20(25)17(21)2/h8-12,14-15H,4-7,13H2,1-3H3,(H,27,28)/b19-14+. The smallest absolute Gasteiger partial charge is 0.266 e. The fourth-order valence-corrected chi connectivity index (χ4v) is 3.03. The van der Waals surface area contributed by atoms with Gasteiger partial charge in [0.1, 0.15) is 11.6 Å². The fourth-order valence-electron chi connectivity index (χ4n) is 2.85. The van der Waals surface area contributed by atoms with Crippen LogP contribution in [0.1, 0.15) is 43.7 Å². The number of carbonyl (C=O) groups excluding carboxylic acids is 1. The average Bonchev–Trinajstić information content (AvgIpc) is 2.75. The van der Waals surface area contributed by atoms with E-state index < -0.39 is 5.91 Å². The van der Waals surface area contributed by atoms with E-state index in [9.17, 15) is 10.1 Å². The number of ether oxygens (including phenoxy) is 2. The first kappa shape index (κ1) is 23.3. The first-order chi connectivity index (χ1) is 14.5. The van der Waals surface area contributed by atoms with Crippen LogP contribution in [0.3, 0.4) is 0 Å². The van der Waals surface area contributed by atoms with Crippen molar-refractivity contribution in [3.8, 4) is 17.6 Å². The van der Waals surface area contributed by atoms with Crippen LogP contribution in [0.5, 0.6) is 11.5 Å². The van der Waals surface area contributed by atoms with E-state index in [-0.39, 0.29) is 5.57 Å². The van der Waals surface area contributed by atoms with Gasteiger partial charge in [-0.15, -0.1) is 0 Å². The van der Waals surface area contributed by atoms with Gasteiger partial charge in [0.15, 0.2) is 11.5 Å². The van der Waals surface area contributed by atoms with Gasteiger partial charge >= 0.3 is 0 Å². The summed E-state index contributed by atoms with van der Waals surface area (Å²) in [5.74, 6) is 0.698. The predicted molar refractivity (Wildman–Crippen MR) is 121 cm³/mol. The summed E-state index contributed by atoms with van der Waals surface area (Å²) in [6.07, 6.45) is 6.00. The Morgan fingerprint density at radius 3 is 2.70 bits per heavy atom. The topological polar surface area (TPSA) is 71.3 Å². The Labute approximate surface area is 183 Å². The molecular formula is C24H27ClN2O3. The van der Waals surface area contributed by atoms with Gasteiger partial charge in [-0.3, -0.25) is 4.79 Å². The van der Waals surface area contributed by atoms with Crippen molar-refractivity contribution in [1.82, 2.24) is 0 Å². The van der Waals surface area contributed by atoms with Crippen LogP contribution in [0.2, 0.25) is 5.02 Å². The van der Waals surface area contributed by atoms with E-state index in [0.717, 1.165) is 18.4 Å². The molecular weight excluding hydrogens is 400 g/mol. The van der Waals surface area contributed by atoms with Crippen LogP contribution in [0, 0.1) is 18.3 Å². The van der Waals surface area contributed by atoms with Gasteiger partial charge in [0.25, 0.3) is 5.91 Å². The van der Waals surface area contributed by atoms with E-state index in [4.69, 9.17) is 21.1 Å². The predicted octanol–water partition coefficient (Wildman–Crippen LogP) is 6.16. The Kier molecular flexibility index (Phi) is 9.24. The van der Waals surface area contributed by atoms with Crippen LogP contribution in [0.25, 0.3) is 6.08 Å². The molecule has 158 valence electrons. The maximum Gasteiger partial charge on any atom is 0.266 e. The molecule has 5 nitrogen and oxygen atoms in total. The number of rotatable bonds is 10. The van der Waals surface area contributed by atoms with E-state index in [0.29, 0.717) is 34.4 Å². The molecule has 0 bridgehead atoms. The van der Waals surface area contributed by atoms with E-state index in [1.165, 1.54) is 18.9 Å². The number of nitrogens with zero attached hydrogens (tertiary/aromatic N) is 1. The zero-order chi connectivity index (χ0) is 21.9. The number of nitriles is 1. The number of methoxy groups -OCH3 is 1. The monoisotopic (exact) mass is 426 g/mol. The van der Waals surface area contributed by atoms with Gasteiger partial charge in [-0.1, -0.05) is 49.9 Å². The lowest BCUT2D eigenvalue weighted by Gasteiger charge is -2.12. The second kappa shape index (κ2) is 11.9. The summed E-state index contributed by atoms with van der Waals surface area (Å²) in [6, 6.07) is 12.5. The van der Waals surface area contributed by atoms with E-state index >= 15 is 0 Å². The summed E-state index contributed by atoms with van der Waals surface area (Å²) in [5, 5.41) is 12.7. The lowest BCUT2D eigenvalue weighted by Crippen LogP contribution is -2.14. The molecule has 0 aliphatic rings. The number of benzene rings is 2. The van der Waals surface area contributed by atoms with E-state index in [1.54, 1.807) is 50.4 Å². The van der Waals surface area contributed by atoms with Crippen molar-refractivity contribution in [2.24, 2.45) is 0 Å². The number of amides is 1. The number of halogens is 1. The Hall–Kier alpha value is -2.97. The van der Waals surface area contributed by atoms with Crippen LogP contribution in [-0.4, -0.2) is 19.6 Å². The van der Waals surface area contributed by atoms with Crippen molar-refractivity contribution in [1.29, 1.82) is 5.26 Å². The molecule has 2 aromatic carbocycles. The largest absolute Gasteiger partial charge is 0.493 e. The molecule has 6 heteroatoms. The number of hydrogen-bond donors (Lipinski definition) is 1. The minimum atomic E-state index is -0.502. The highest BCUT2D eigenvalue weighted by Crippen LogP contribution is 2.29. The molecule has 2 rings (SSSR count). The Morgan fingerprint density at radius 1 is 1.20 bits per heavy atom. The van der Waals surface area contributed by atoms with Crippen LogP contribution < -0.4 is 14.8 Å². The van der Waals surface area contributed by atoms with Gasteiger partial charge in [-0.2, -0.15) is 5.26 Å². The second-order valence-corrected chi connectivity index (χ2v) is 7.26. The zero-order valence-electron chi connectivity index (χ0n) is 17.6. The first-order valence-electron chi connectivity index (χ1n) is 9.99. The minimum absolute atomic E-state index is 0.0235. The lowest BCUT2D eigenvalue weighted by molar-refractivity contribution is -0.112.